The molecule has 1 heterocycles. The molecule has 0 aromatic heterocycles. The van der Waals surface area contributed by atoms with Gasteiger partial charge in [-0.25, -0.2) is 0 Å². The molecule has 2 N–H and O–H groups in total. The van der Waals surface area contributed by atoms with Crippen LogP contribution >= 0.6 is 0 Å². The quantitative estimate of drug-likeness (QED) is 0.0363. The molecule has 0 aliphatic carbocycles. The van der Waals surface area contributed by atoms with Gasteiger partial charge in [-0.1, -0.05) is 137 Å². The van der Waals surface area contributed by atoms with Crippen LogP contribution in [0.4, 0.5) is 0 Å². The number of hydrogen-bond acceptors (Lipinski definition) is 7. The van der Waals surface area contributed by atoms with Crippen molar-refractivity contribution in [2.75, 3.05) is 13.2 Å². The maximum atomic E-state index is 13.2. The summed E-state index contributed by atoms with van der Waals surface area (Å²) in [5.41, 5.74) is 0. The lowest BCUT2D eigenvalue weighted by molar-refractivity contribution is -0.262. The molecular formula is C39H75NO7Si. The molecule has 5 atom stereocenters. The van der Waals surface area contributed by atoms with Crippen molar-refractivity contribution >= 4 is 20.0 Å². The fourth-order valence-corrected chi connectivity index (χ4v) is 6.79. The van der Waals surface area contributed by atoms with E-state index in [0.29, 0.717) is 13.0 Å². The Morgan fingerprint density at radius 1 is 0.833 bits per heavy atom. The number of hydrogen-bond donors (Lipinski definition) is 2. The van der Waals surface area contributed by atoms with E-state index in [1.165, 1.54) is 76.9 Å². The van der Waals surface area contributed by atoms with Gasteiger partial charge in [-0.2, -0.15) is 0 Å². The second kappa shape index (κ2) is 25.7. The largest absolute Gasteiger partial charge is 0.471 e. The van der Waals surface area contributed by atoms with Gasteiger partial charge in [0.1, 0.15) is 30.1 Å². The van der Waals surface area contributed by atoms with E-state index in [0.717, 1.165) is 38.5 Å². The first kappa shape index (κ1) is 44.8. The number of Topliss-reactive ketones (excluding diaryl/α,β-unsaturated/α-hetero) is 1. The topological polar surface area (TPSA) is 103 Å². The van der Waals surface area contributed by atoms with E-state index in [4.69, 9.17) is 18.6 Å². The first-order valence-corrected chi connectivity index (χ1v) is 22.5. The van der Waals surface area contributed by atoms with Gasteiger partial charge in [0.2, 0.25) is 12.2 Å². The average molecular weight is 698 g/mol. The minimum absolute atomic E-state index is 0.00277. The molecule has 1 aliphatic rings. The van der Waals surface area contributed by atoms with E-state index in [-0.39, 0.29) is 23.8 Å². The summed E-state index contributed by atoms with van der Waals surface area (Å²) in [5, 5.41) is 14.6. The van der Waals surface area contributed by atoms with Crippen molar-refractivity contribution in [3.8, 4) is 0 Å². The maximum absolute atomic E-state index is 13.2. The monoisotopic (exact) mass is 698 g/mol. The van der Waals surface area contributed by atoms with Crippen LogP contribution in [0.5, 0.6) is 0 Å². The van der Waals surface area contributed by atoms with Gasteiger partial charge < -0.3 is 29.1 Å². The lowest BCUT2D eigenvalue weighted by Crippen LogP contribution is -2.66. The van der Waals surface area contributed by atoms with Crippen molar-refractivity contribution in [1.29, 1.82) is 0 Å². The van der Waals surface area contributed by atoms with Crippen LogP contribution in [0.15, 0.2) is 12.3 Å². The Balaban J connectivity index is 2.85. The van der Waals surface area contributed by atoms with Gasteiger partial charge in [0.25, 0.3) is 0 Å². The summed E-state index contributed by atoms with van der Waals surface area (Å²) in [6.07, 6.45) is 20.0. The molecule has 1 amide bonds. The highest BCUT2D eigenvalue weighted by atomic mass is 28.4. The number of allylic oxidation sites excluding steroid dienone is 1. The lowest BCUT2D eigenvalue weighted by atomic mass is 9.96. The molecule has 48 heavy (non-hydrogen) atoms. The van der Waals surface area contributed by atoms with Gasteiger partial charge in [-0.3, -0.25) is 9.59 Å². The Bertz CT molecular complexity index is 875. The molecule has 0 radical (unpaired) electrons. The summed E-state index contributed by atoms with van der Waals surface area (Å²) in [7, 11) is -2.12. The number of nitrogens with one attached hydrogen (secondary N) is 1. The Hall–Kier alpha value is -1.26. The smallest absolute Gasteiger partial charge is 0.227 e. The molecule has 0 aromatic carbocycles. The number of ketones is 1. The van der Waals surface area contributed by atoms with Gasteiger partial charge in [-0.15, -0.1) is 0 Å². The number of aliphatic hydroxyl groups is 1. The molecule has 1 saturated heterocycles. The second-order valence-electron chi connectivity index (χ2n) is 15.4. The molecule has 0 bridgehead atoms. The first-order valence-electron chi connectivity index (χ1n) is 19.5. The van der Waals surface area contributed by atoms with Crippen molar-refractivity contribution in [3.05, 3.63) is 12.3 Å². The highest BCUT2D eigenvalue weighted by molar-refractivity contribution is 6.74. The van der Waals surface area contributed by atoms with Crippen molar-refractivity contribution in [1.82, 2.24) is 5.32 Å². The van der Waals surface area contributed by atoms with Crippen LogP contribution in [-0.4, -0.2) is 69.0 Å². The van der Waals surface area contributed by atoms with E-state index >= 15 is 0 Å². The first-order chi connectivity index (χ1) is 22.9. The summed E-state index contributed by atoms with van der Waals surface area (Å²) in [5.74, 6) is -0.474. The zero-order valence-corrected chi connectivity index (χ0v) is 33.3. The number of ether oxygens (including phenoxy) is 3. The third-order valence-corrected chi connectivity index (χ3v) is 14.5. The van der Waals surface area contributed by atoms with Gasteiger partial charge in [0.05, 0.1) is 19.3 Å². The molecule has 1 aliphatic heterocycles. The van der Waals surface area contributed by atoms with Crippen LogP contribution in [0.2, 0.25) is 18.1 Å². The summed E-state index contributed by atoms with van der Waals surface area (Å²) < 4.78 is 25.0. The summed E-state index contributed by atoms with van der Waals surface area (Å²) in [4.78, 5) is 25.9. The van der Waals surface area contributed by atoms with Crippen molar-refractivity contribution < 1.29 is 33.3 Å². The number of rotatable bonds is 28. The summed E-state index contributed by atoms with van der Waals surface area (Å²) in [6, 6.07) is -0.789. The van der Waals surface area contributed by atoms with Crippen LogP contribution in [0.3, 0.4) is 0 Å². The highest BCUT2D eigenvalue weighted by Crippen LogP contribution is 2.37. The van der Waals surface area contributed by atoms with Crippen LogP contribution in [0.1, 0.15) is 164 Å². The van der Waals surface area contributed by atoms with E-state index in [1.54, 1.807) is 6.08 Å². The zero-order valence-electron chi connectivity index (χ0n) is 32.3. The highest BCUT2D eigenvalue weighted by Gasteiger charge is 2.49. The molecule has 0 aromatic rings. The van der Waals surface area contributed by atoms with Crippen LogP contribution in [0, 0.1) is 0 Å². The van der Waals surface area contributed by atoms with Crippen LogP contribution < -0.4 is 5.32 Å². The third-order valence-electron chi connectivity index (χ3n) is 9.99. The summed E-state index contributed by atoms with van der Waals surface area (Å²) >= 11 is 0. The van der Waals surface area contributed by atoms with Crippen molar-refractivity contribution in [2.45, 2.75) is 212 Å². The minimum atomic E-state index is -2.12. The summed E-state index contributed by atoms with van der Waals surface area (Å²) in [6.45, 7) is 17.8. The number of carbonyl (C=O) groups is 2. The molecule has 0 spiro atoms. The van der Waals surface area contributed by atoms with Gasteiger partial charge in [-0.05, 0) is 37.9 Å². The van der Waals surface area contributed by atoms with Gasteiger partial charge >= 0.3 is 0 Å². The molecule has 1 rings (SSSR count). The Kier molecular flexibility index (Phi) is 23.9. The number of amides is 1. The van der Waals surface area contributed by atoms with Gasteiger partial charge in [0.15, 0.2) is 8.32 Å². The Morgan fingerprint density at radius 2 is 1.35 bits per heavy atom. The standard InChI is InChI=1S/C39H75NO7Si/c1-9-12-14-16-18-20-21-23-25-27-32(41)30-34(42)40-35-37(44-29-26-24-22-19-17-15-13-10-2)36(43)33(47-38(35)45-28-11-3)31-46-48(7,8)39(4,5)6/h11,28,33,35-38,43H,9-10,12-27,29-31H2,1-8H3,(H,40,42)/t33-,35-,36-,37-,38+/m1/s1. The molecular weight excluding hydrogens is 623 g/mol. The SMILES string of the molecule is CC=CO[C@H]1O[C@H](CO[Si](C)(C)C(C)(C)C)[C@@H](O)[C@H](OCCCCCCCCCC)[C@H]1NC(=O)CC(=O)CCCCCCCCCCC. The van der Waals surface area contributed by atoms with E-state index < -0.39 is 44.9 Å². The predicted molar refractivity (Wildman–Crippen MR) is 199 cm³/mol. The normalized spacial score (nSPS) is 21.9. The van der Waals surface area contributed by atoms with Crippen LogP contribution in [0.25, 0.3) is 0 Å². The average Bonchev–Trinajstić information content (AvgIpc) is 3.02. The second-order valence-corrected chi connectivity index (χ2v) is 20.2. The fraction of sp³-hybridized carbons (Fsp3) is 0.897. The molecule has 9 heteroatoms. The van der Waals surface area contributed by atoms with Crippen LogP contribution in [-0.2, 0) is 28.2 Å². The van der Waals surface area contributed by atoms with E-state index in [2.05, 4.69) is 53.0 Å². The molecule has 0 unspecified atom stereocenters. The van der Waals surface area contributed by atoms with E-state index in [9.17, 15) is 14.7 Å². The minimum Gasteiger partial charge on any atom is -0.471 e. The molecule has 1 fully saturated rings. The molecule has 8 nitrogen and oxygen atoms in total. The lowest BCUT2D eigenvalue weighted by Gasteiger charge is -2.45. The van der Waals surface area contributed by atoms with Gasteiger partial charge in [0, 0.05) is 13.0 Å². The number of unbranched alkanes of at least 4 members (excludes halogenated alkanes) is 15. The van der Waals surface area contributed by atoms with Crippen molar-refractivity contribution in [3.63, 3.8) is 0 Å². The number of carbonyl (C=O) groups excluding carboxylic acids is 2. The Morgan fingerprint density at radius 3 is 1.88 bits per heavy atom. The maximum Gasteiger partial charge on any atom is 0.227 e. The Labute approximate surface area is 296 Å². The third kappa shape index (κ3) is 18.7. The molecule has 0 saturated carbocycles. The predicted octanol–water partition coefficient (Wildman–Crippen LogP) is 9.54. The van der Waals surface area contributed by atoms with E-state index in [1.807, 2.05) is 6.92 Å². The fourth-order valence-electron chi connectivity index (χ4n) is 5.78. The zero-order chi connectivity index (χ0) is 35.8. The van der Waals surface area contributed by atoms with Crippen molar-refractivity contribution in [2.24, 2.45) is 0 Å². The number of aliphatic hydroxyl groups excluding tert-OH is 1. The molecule has 282 valence electrons.